The summed E-state index contributed by atoms with van der Waals surface area (Å²) in [6.45, 7) is 3.15. The van der Waals surface area contributed by atoms with E-state index in [0.29, 0.717) is 5.92 Å². The number of aliphatic hydroxyl groups is 1. The van der Waals surface area contributed by atoms with Gasteiger partial charge in [0.25, 0.3) is 0 Å². The lowest BCUT2D eigenvalue weighted by Crippen LogP contribution is -2.17. The van der Waals surface area contributed by atoms with Crippen molar-refractivity contribution in [1.29, 1.82) is 0 Å². The number of rotatable bonds is 3. The van der Waals surface area contributed by atoms with Gasteiger partial charge in [-0.05, 0) is 37.2 Å². The summed E-state index contributed by atoms with van der Waals surface area (Å²) in [5.74, 6) is 0.527. The van der Waals surface area contributed by atoms with E-state index in [-0.39, 0.29) is 6.10 Å². The van der Waals surface area contributed by atoms with Crippen LogP contribution in [0.25, 0.3) is 0 Å². The second-order valence-corrected chi connectivity index (χ2v) is 4.55. The summed E-state index contributed by atoms with van der Waals surface area (Å²) in [5, 5.41) is 14.0. The Morgan fingerprint density at radius 1 is 1.53 bits per heavy atom. The van der Waals surface area contributed by atoms with Crippen molar-refractivity contribution in [3.63, 3.8) is 0 Å². The summed E-state index contributed by atoms with van der Waals surface area (Å²) < 4.78 is 2.01. The average molecular weight is 208 g/mol. The highest BCUT2D eigenvalue weighted by atomic mass is 16.3. The molecular formula is C12H20N2O. The normalized spacial score (nSPS) is 26.8. The van der Waals surface area contributed by atoms with Crippen LogP contribution in [0.4, 0.5) is 0 Å². The van der Waals surface area contributed by atoms with Crippen LogP contribution in [-0.2, 0) is 6.54 Å². The quantitative estimate of drug-likeness (QED) is 0.827. The third-order valence-corrected chi connectivity index (χ3v) is 3.22. The van der Waals surface area contributed by atoms with Crippen LogP contribution in [0.2, 0.25) is 0 Å². The molecule has 3 nitrogen and oxygen atoms in total. The van der Waals surface area contributed by atoms with E-state index in [1.807, 2.05) is 10.9 Å². The molecule has 3 heteroatoms. The first-order chi connectivity index (χ1) is 7.29. The second-order valence-electron chi connectivity index (χ2n) is 4.55. The summed E-state index contributed by atoms with van der Waals surface area (Å²) in [5.41, 5.74) is 1.31. The van der Waals surface area contributed by atoms with Gasteiger partial charge in [-0.15, -0.1) is 0 Å². The molecule has 0 spiro atoms. The van der Waals surface area contributed by atoms with Crippen LogP contribution in [0.1, 0.15) is 50.5 Å². The molecule has 0 amide bonds. The summed E-state index contributed by atoms with van der Waals surface area (Å²) in [7, 11) is 0. The van der Waals surface area contributed by atoms with E-state index in [0.717, 1.165) is 32.2 Å². The molecule has 0 saturated heterocycles. The van der Waals surface area contributed by atoms with Crippen LogP contribution in [-0.4, -0.2) is 21.0 Å². The Bertz CT molecular complexity index is 308. The Morgan fingerprint density at radius 3 is 3.13 bits per heavy atom. The number of nitrogens with zero attached hydrogens (tertiary/aromatic N) is 2. The molecule has 2 atom stereocenters. The Morgan fingerprint density at radius 2 is 2.40 bits per heavy atom. The molecule has 0 bridgehead atoms. The maximum atomic E-state index is 9.62. The van der Waals surface area contributed by atoms with Gasteiger partial charge in [0.1, 0.15) is 0 Å². The molecule has 84 valence electrons. The van der Waals surface area contributed by atoms with E-state index in [9.17, 15) is 5.11 Å². The highest BCUT2D eigenvalue weighted by Gasteiger charge is 2.22. The SMILES string of the molecule is CCCn1cc(C2CCCC(O)C2)cn1. The monoisotopic (exact) mass is 208 g/mol. The molecule has 0 aromatic carbocycles. The van der Waals surface area contributed by atoms with Crippen molar-refractivity contribution in [1.82, 2.24) is 9.78 Å². The molecule has 1 aliphatic carbocycles. The third-order valence-electron chi connectivity index (χ3n) is 3.22. The fraction of sp³-hybridized carbons (Fsp3) is 0.750. The number of aryl methyl sites for hydroxylation is 1. The molecule has 1 aromatic heterocycles. The van der Waals surface area contributed by atoms with Crippen molar-refractivity contribution in [2.45, 2.75) is 57.6 Å². The van der Waals surface area contributed by atoms with E-state index in [4.69, 9.17) is 0 Å². The van der Waals surface area contributed by atoms with Gasteiger partial charge in [0.15, 0.2) is 0 Å². The number of aliphatic hydroxyl groups excluding tert-OH is 1. The highest BCUT2D eigenvalue weighted by molar-refractivity contribution is 5.12. The van der Waals surface area contributed by atoms with Gasteiger partial charge in [-0.25, -0.2) is 0 Å². The molecule has 1 aromatic rings. The number of hydrogen-bond acceptors (Lipinski definition) is 2. The van der Waals surface area contributed by atoms with Crippen molar-refractivity contribution >= 4 is 0 Å². The van der Waals surface area contributed by atoms with E-state index < -0.39 is 0 Å². The molecule has 2 rings (SSSR count). The van der Waals surface area contributed by atoms with E-state index >= 15 is 0 Å². The van der Waals surface area contributed by atoms with Gasteiger partial charge in [-0.3, -0.25) is 4.68 Å². The second kappa shape index (κ2) is 4.79. The van der Waals surface area contributed by atoms with Crippen LogP contribution in [0.5, 0.6) is 0 Å². The lowest BCUT2D eigenvalue weighted by Gasteiger charge is -2.24. The van der Waals surface area contributed by atoms with Crippen molar-refractivity contribution in [2.75, 3.05) is 0 Å². The first-order valence-electron chi connectivity index (χ1n) is 6.00. The van der Waals surface area contributed by atoms with Gasteiger partial charge >= 0.3 is 0 Å². The zero-order chi connectivity index (χ0) is 10.7. The highest BCUT2D eigenvalue weighted by Crippen LogP contribution is 2.32. The summed E-state index contributed by atoms with van der Waals surface area (Å²) >= 11 is 0. The summed E-state index contributed by atoms with van der Waals surface area (Å²) in [6.07, 6.45) is 9.37. The molecule has 1 aliphatic rings. The Hall–Kier alpha value is -0.830. The topological polar surface area (TPSA) is 38.0 Å². The zero-order valence-electron chi connectivity index (χ0n) is 9.39. The standard InChI is InChI=1S/C12H20N2O/c1-2-6-14-9-11(8-13-14)10-4-3-5-12(15)7-10/h8-10,12,15H,2-7H2,1H3. The summed E-state index contributed by atoms with van der Waals surface area (Å²) in [4.78, 5) is 0. The molecule has 1 saturated carbocycles. The fourth-order valence-electron chi connectivity index (χ4n) is 2.41. The van der Waals surface area contributed by atoms with Crippen molar-refractivity contribution in [2.24, 2.45) is 0 Å². The molecule has 1 heterocycles. The van der Waals surface area contributed by atoms with Crippen LogP contribution >= 0.6 is 0 Å². The molecule has 1 N–H and O–H groups in total. The van der Waals surface area contributed by atoms with Gasteiger partial charge in [-0.1, -0.05) is 13.3 Å². The largest absolute Gasteiger partial charge is 0.393 e. The van der Waals surface area contributed by atoms with Gasteiger partial charge in [0.2, 0.25) is 0 Å². The van der Waals surface area contributed by atoms with Crippen LogP contribution < -0.4 is 0 Å². The van der Waals surface area contributed by atoms with Gasteiger partial charge in [0.05, 0.1) is 12.3 Å². The fourth-order valence-corrected chi connectivity index (χ4v) is 2.41. The minimum absolute atomic E-state index is 0.0988. The molecule has 1 fully saturated rings. The van der Waals surface area contributed by atoms with E-state index in [1.54, 1.807) is 0 Å². The maximum Gasteiger partial charge on any atom is 0.0546 e. The Kier molecular flexibility index (Phi) is 3.41. The van der Waals surface area contributed by atoms with Crippen molar-refractivity contribution in [3.05, 3.63) is 18.0 Å². The first-order valence-corrected chi connectivity index (χ1v) is 6.00. The van der Waals surface area contributed by atoms with Gasteiger partial charge < -0.3 is 5.11 Å². The lowest BCUT2D eigenvalue weighted by molar-refractivity contribution is 0.119. The van der Waals surface area contributed by atoms with Crippen molar-refractivity contribution < 1.29 is 5.11 Å². The third kappa shape index (κ3) is 2.59. The first kappa shape index (κ1) is 10.7. The molecule has 2 unspecified atom stereocenters. The van der Waals surface area contributed by atoms with Gasteiger partial charge in [0, 0.05) is 12.7 Å². The van der Waals surface area contributed by atoms with E-state index in [2.05, 4.69) is 18.2 Å². The maximum absolute atomic E-state index is 9.62. The number of hydrogen-bond donors (Lipinski definition) is 1. The predicted molar refractivity (Wildman–Crippen MR) is 59.7 cm³/mol. The predicted octanol–water partition coefficient (Wildman–Crippen LogP) is 2.31. The molecular weight excluding hydrogens is 188 g/mol. The lowest BCUT2D eigenvalue weighted by atomic mass is 9.84. The van der Waals surface area contributed by atoms with E-state index in [1.165, 1.54) is 12.0 Å². The number of aromatic nitrogens is 2. The zero-order valence-corrected chi connectivity index (χ0v) is 9.39. The van der Waals surface area contributed by atoms with Crippen LogP contribution in [0.3, 0.4) is 0 Å². The Balaban J connectivity index is 2.01. The average Bonchev–Trinajstić information content (AvgIpc) is 2.67. The van der Waals surface area contributed by atoms with Crippen LogP contribution in [0.15, 0.2) is 12.4 Å². The smallest absolute Gasteiger partial charge is 0.0546 e. The molecule has 15 heavy (non-hydrogen) atoms. The van der Waals surface area contributed by atoms with Crippen LogP contribution in [0, 0.1) is 0 Å². The molecule has 0 aliphatic heterocycles. The summed E-state index contributed by atoms with van der Waals surface area (Å²) in [6, 6.07) is 0. The minimum Gasteiger partial charge on any atom is -0.393 e. The Labute approximate surface area is 91.1 Å². The molecule has 0 radical (unpaired) electrons. The van der Waals surface area contributed by atoms with Crippen molar-refractivity contribution in [3.8, 4) is 0 Å². The van der Waals surface area contributed by atoms with Gasteiger partial charge in [-0.2, -0.15) is 5.10 Å². The minimum atomic E-state index is -0.0988.